The van der Waals surface area contributed by atoms with E-state index in [1.165, 1.54) is 17.0 Å². The maximum atomic E-state index is 12.0. The van der Waals surface area contributed by atoms with Crippen LogP contribution in [0.4, 0.5) is 10.5 Å². The molecule has 2 amide bonds. The molecule has 7 nitrogen and oxygen atoms in total. The zero-order valence-corrected chi connectivity index (χ0v) is 11.2. The molecular weight excluding hydrogens is 264 g/mol. The molecule has 0 unspecified atom stereocenters. The highest BCUT2D eigenvalue weighted by molar-refractivity contribution is 6.00. The predicted octanol–water partition coefficient (Wildman–Crippen LogP) is 1.33. The number of anilines is 1. The quantitative estimate of drug-likeness (QED) is 0.588. The average Bonchev–Trinajstić information content (AvgIpc) is 2.41. The lowest BCUT2D eigenvalue weighted by Crippen LogP contribution is -2.36. The first kappa shape index (κ1) is 15.8. The van der Waals surface area contributed by atoms with E-state index in [4.69, 9.17) is 10.2 Å². The van der Waals surface area contributed by atoms with Crippen LogP contribution < -0.4 is 5.32 Å². The maximum Gasteiger partial charge on any atom is 0.337 e. The van der Waals surface area contributed by atoms with E-state index in [-0.39, 0.29) is 23.6 Å². The van der Waals surface area contributed by atoms with Gasteiger partial charge in [-0.1, -0.05) is 0 Å². The number of nitrogens with one attached hydrogen (secondary N) is 1. The van der Waals surface area contributed by atoms with Crippen molar-refractivity contribution >= 4 is 17.7 Å². The molecule has 0 fully saturated rings. The Kier molecular flexibility index (Phi) is 5.79. The highest BCUT2D eigenvalue weighted by atomic mass is 16.4. The second-order valence-electron chi connectivity index (χ2n) is 4.12. The first-order valence-electron chi connectivity index (χ1n) is 6.22. The summed E-state index contributed by atoms with van der Waals surface area (Å²) in [7, 11) is 0. The molecule has 110 valence electrons. The van der Waals surface area contributed by atoms with E-state index < -0.39 is 12.0 Å². The van der Waals surface area contributed by atoms with Crippen LogP contribution in [0.1, 0.15) is 23.7 Å². The zero-order valence-electron chi connectivity index (χ0n) is 11.2. The number of carboxylic acids is 1. The standard InChI is InChI=1S/C13H18N2O5/c1-2-15(6-3-7-16)13(20)14-11-5-4-9(17)8-10(11)12(18)19/h4-5,8,16-17H,2-3,6-7H2,1H3,(H,14,20)(H,18,19). The Hall–Kier alpha value is -2.28. The molecule has 0 saturated carbocycles. The Bertz CT molecular complexity index is 490. The number of phenols is 1. The minimum absolute atomic E-state index is 0.0244. The van der Waals surface area contributed by atoms with E-state index in [1.54, 1.807) is 6.92 Å². The number of carbonyl (C=O) groups is 2. The molecule has 0 saturated heterocycles. The summed E-state index contributed by atoms with van der Waals surface area (Å²) in [5, 5.41) is 29.6. The molecule has 0 aliphatic carbocycles. The van der Waals surface area contributed by atoms with Gasteiger partial charge in [-0.3, -0.25) is 0 Å². The molecule has 0 aliphatic rings. The third kappa shape index (κ3) is 4.13. The lowest BCUT2D eigenvalue weighted by atomic mass is 10.1. The third-order valence-electron chi connectivity index (χ3n) is 2.73. The molecular formula is C13H18N2O5. The number of amides is 2. The number of benzene rings is 1. The van der Waals surface area contributed by atoms with Crippen molar-refractivity contribution in [1.29, 1.82) is 0 Å². The fourth-order valence-corrected chi connectivity index (χ4v) is 1.68. The minimum Gasteiger partial charge on any atom is -0.508 e. The van der Waals surface area contributed by atoms with Crippen LogP contribution in [0.2, 0.25) is 0 Å². The topological polar surface area (TPSA) is 110 Å². The van der Waals surface area contributed by atoms with Gasteiger partial charge in [0.2, 0.25) is 0 Å². The average molecular weight is 282 g/mol. The van der Waals surface area contributed by atoms with Crippen molar-refractivity contribution in [3.8, 4) is 5.75 Å². The number of aliphatic hydroxyl groups excluding tert-OH is 1. The molecule has 0 heterocycles. The summed E-state index contributed by atoms with van der Waals surface area (Å²) in [5.41, 5.74) is -0.0701. The zero-order chi connectivity index (χ0) is 15.1. The number of aliphatic hydroxyl groups is 1. The van der Waals surface area contributed by atoms with Crippen LogP contribution in [-0.4, -0.2) is 51.9 Å². The summed E-state index contributed by atoms with van der Waals surface area (Å²) in [6.45, 7) is 2.57. The van der Waals surface area contributed by atoms with Crippen LogP contribution in [0, 0.1) is 0 Å². The number of urea groups is 1. The number of carboxylic acid groups (broad SMARTS) is 1. The second kappa shape index (κ2) is 7.34. The SMILES string of the molecule is CCN(CCCO)C(=O)Nc1ccc(O)cc1C(=O)O. The van der Waals surface area contributed by atoms with E-state index in [0.29, 0.717) is 19.5 Å². The molecule has 7 heteroatoms. The van der Waals surface area contributed by atoms with Gasteiger partial charge in [0.25, 0.3) is 0 Å². The van der Waals surface area contributed by atoms with Gasteiger partial charge >= 0.3 is 12.0 Å². The van der Waals surface area contributed by atoms with E-state index in [2.05, 4.69) is 5.32 Å². The van der Waals surface area contributed by atoms with Crippen molar-refractivity contribution in [2.45, 2.75) is 13.3 Å². The number of aromatic hydroxyl groups is 1. The molecule has 1 aromatic carbocycles. The van der Waals surface area contributed by atoms with Gasteiger partial charge in [0.05, 0.1) is 11.3 Å². The first-order chi connectivity index (χ1) is 9.49. The summed E-state index contributed by atoms with van der Waals surface area (Å²) in [6, 6.07) is 3.25. The van der Waals surface area contributed by atoms with E-state index >= 15 is 0 Å². The fraction of sp³-hybridized carbons (Fsp3) is 0.385. The molecule has 0 radical (unpaired) electrons. The van der Waals surface area contributed by atoms with Crippen LogP contribution in [0.25, 0.3) is 0 Å². The number of rotatable bonds is 6. The number of hydrogen-bond acceptors (Lipinski definition) is 4. The van der Waals surface area contributed by atoms with Gasteiger partial charge in [-0.15, -0.1) is 0 Å². The largest absolute Gasteiger partial charge is 0.508 e. The number of nitrogens with zero attached hydrogens (tertiary/aromatic N) is 1. The molecule has 0 bridgehead atoms. The Labute approximate surface area is 116 Å². The number of hydrogen-bond donors (Lipinski definition) is 4. The van der Waals surface area contributed by atoms with Gasteiger partial charge in [0.15, 0.2) is 0 Å². The Morgan fingerprint density at radius 1 is 1.35 bits per heavy atom. The second-order valence-corrected chi connectivity index (χ2v) is 4.12. The number of carbonyl (C=O) groups excluding carboxylic acids is 1. The normalized spacial score (nSPS) is 10.1. The van der Waals surface area contributed by atoms with Gasteiger partial charge in [-0.05, 0) is 31.5 Å². The fourth-order valence-electron chi connectivity index (χ4n) is 1.68. The summed E-state index contributed by atoms with van der Waals surface area (Å²) < 4.78 is 0. The molecule has 20 heavy (non-hydrogen) atoms. The van der Waals surface area contributed by atoms with Gasteiger partial charge in [-0.25, -0.2) is 9.59 Å². The van der Waals surface area contributed by atoms with E-state index in [9.17, 15) is 14.7 Å². The molecule has 0 atom stereocenters. The predicted molar refractivity (Wildman–Crippen MR) is 73.0 cm³/mol. The monoisotopic (exact) mass is 282 g/mol. The molecule has 4 N–H and O–H groups in total. The summed E-state index contributed by atoms with van der Waals surface area (Å²) in [6.07, 6.45) is 0.447. The number of aromatic carboxylic acids is 1. The van der Waals surface area contributed by atoms with Crippen LogP contribution in [0.3, 0.4) is 0 Å². The minimum atomic E-state index is -1.24. The lowest BCUT2D eigenvalue weighted by Gasteiger charge is -2.21. The number of phenolic OH excluding ortho intramolecular Hbond substituents is 1. The van der Waals surface area contributed by atoms with Gasteiger partial charge < -0.3 is 25.5 Å². The van der Waals surface area contributed by atoms with E-state index in [1.807, 2.05) is 0 Å². The Morgan fingerprint density at radius 2 is 2.05 bits per heavy atom. The Balaban J connectivity index is 2.86. The molecule has 1 aromatic rings. The molecule has 1 rings (SSSR count). The highest BCUT2D eigenvalue weighted by Gasteiger charge is 2.16. The van der Waals surface area contributed by atoms with Crippen LogP contribution in [-0.2, 0) is 0 Å². The van der Waals surface area contributed by atoms with Gasteiger partial charge in [0, 0.05) is 19.7 Å². The highest BCUT2D eigenvalue weighted by Crippen LogP contribution is 2.21. The van der Waals surface area contributed by atoms with Crippen molar-refractivity contribution in [3.63, 3.8) is 0 Å². The van der Waals surface area contributed by atoms with Crippen molar-refractivity contribution < 1.29 is 24.9 Å². The third-order valence-corrected chi connectivity index (χ3v) is 2.73. The smallest absolute Gasteiger partial charge is 0.337 e. The van der Waals surface area contributed by atoms with Crippen molar-refractivity contribution in [1.82, 2.24) is 4.90 Å². The molecule has 0 aliphatic heterocycles. The van der Waals surface area contributed by atoms with Crippen LogP contribution in [0.15, 0.2) is 18.2 Å². The first-order valence-corrected chi connectivity index (χ1v) is 6.22. The van der Waals surface area contributed by atoms with Gasteiger partial charge in [0.1, 0.15) is 5.75 Å². The van der Waals surface area contributed by atoms with E-state index in [0.717, 1.165) is 6.07 Å². The van der Waals surface area contributed by atoms with Crippen molar-refractivity contribution in [3.05, 3.63) is 23.8 Å². The summed E-state index contributed by atoms with van der Waals surface area (Å²) >= 11 is 0. The summed E-state index contributed by atoms with van der Waals surface area (Å²) in [4.78, 5) is 24.5. The van der Waals surface area contributed by atoms with Crippen molar-refractivity contribution in [2.75, 3.05) is 25.0 Å². The molecule has 0 aromatic heterocycles. The van der Waals surface area contributed by atoms with Crippen LogP contribution >= 0.6 is 0 Å². The summed E-state index contributed by atoms with van der Waals surface area (Å²) in [5.74, 6) is -1.43. The van der Waals surface area contributed by atoms with Crippen LogP contribution in [0.5, 0.6) is 5.75 Å². The maximum absolute atomic E-state index is 12.0. The lowest BCUT2D eigenvalue weighted by molar-refractivity contribution is 0.0697. The Morgan fingerprint density at radius 3 is 2.60 bits per heavy atom. The van der Waals surface area contributed by atoms with Crippen molar-refractivity contribution in [2.24, 2.45) is 0 Å². The van der Waals surface area contributed by atoms with Gasteiger partial charge in [-0.2, -0.15) is 0 Å². The molecule has 0 spiro atoms.